The topological polar surface area (TPSA) is 30.4 Å². The molecule has 15 heavy (non-hydrogen) atoms. The number of furan rings is 1. The molecule has 0 aromatic carbocycles. The van der Waals surface area contributed by atoms with Gasteiger partial charge in [-0.15, -0.1) is 0 Å². The van der Waals surface area contributed by atoms with E-state index in [-0.39, 0.29) is 0 Å². The Balaban J connectivity index is 2.27. The van der Waals surface area contributed by atoms with E-state index in [4.69, 9.17) is 16.0 Å². The number of halogens is 1. The molecular weight excluding hydrogens is 212 g/mol. The van der Waals surface area contributed by atoms with Gasteiger partial charge in [0.2, 0.25) is 0 Å². The molecule has 3 aromatic rings. The first-order valence-electron chi connectivity index (χ1n) is 4.52. The van der Waals surface area contributed by atoms with Crippen LogP contribution in [0.2, 0.25) is 5.15 Å². The maximum absolute atomic E-state index is 6.02. The minimum absolute atomic E-state index is 0.637. The number of fused-ring (bicyclic) bond motifs is 1. The van der Waals surface area contributed by atoms with Crippen LogP contribution < -0.4 is 0 Å². The SMILES string of the molecule is Clc1cccc2nc(-c3ccco3)cn12. The van der Waals surface area contributed by atoms with Crippen molar-refractivity contribution in [2.75, 3.05) is 0 Å². The minimum atomic E-state index is 0.637. The Hall–Kier alpha value is -1.74. The normalized spacial score (nSPS) is 11.0. The molecule has 0 saturated heterocycles. The van der Waals surface area contributed by atoms with Crippen molar-refractivity contribution in [3.05, 3.63) is 47.9 Å². The van der Waals surface area contributed by atoms with Crippen molar-refractivity contribution in [2.24, 2.45) is 0 Å². The average molecular weight is 219 g/mol. The lowest BCUT2D eigenvalue weighted by Crippen LogP contribution is -1.82. The molecule has 0 spiro atoms. The number of rotatable bonds is 1. The molecule has 0 unspecified atom stereocenters. The zero-order valence-electron chi connectivity index (χ0n) is 7.72. The molecule has 0 radical (unpaired) electrons. The van der Waals surface area contributed by atoms with Gasteiger partial charge in [0, 0.05) is 6.20 Å². The fourth-order valence-electron chi connectivity index (χ4n) is 1.52. The molecule has 3 aromatic heterocycles. The fraction of sp³-hybridized carbons (Fsp3) is 0. The zero-order chi connectivity index (χ0) is 10.3. The second-order valence-corrected chi connectivity index (χ2v) is 3.57. The number of pyridine rings is 1. The Morgan fingerprint density at radius 3 is 2.87 bits per heavy atom. The summed E-state index contributed by atoms with van der Waals surface area (Å²) < 4.78 is 7.09. The van der Waals surface area contributed by atoms with Gasteiger partial charge in [-0.05, 0) is 24.3 Å². The van der Waals surface area contributed by atoms with Crippen molar-refractivity contribution in [2.45, 2.75) is 0 Å². The van der Waals surface area contributed by atoms with Gasteiger partial charge in [-0.3, -0.25) is 4.40 Å². The molecule has 74 valence electrons. The maximum Gasteiger partial charge on any atom is 0.153 e. The van der Waals surface area contributed by atoms with Crippen LogP contribution in [-0.2, 0) is 0 Å². The second-order valence-electron chi connectivity index (χ2n) is 3.18. The van der Waals surface area contributed by atoms with Crippen molar-refractivity contribution in [3.63, 3.8) is 0 Å². The van der Waals surface area contributed by atoms with Crippen molar-refractivity contribution >= 4 is 17.2 Å². The highest BCUT2D eigenvalue weighted by Gasteiger charge is 2.07. The standard InChI is InChI=1S/C11H7ClN2O/c12-10-4-1-5-11-13-8(7-14(10)11)9-3-2-6-15-9/h1-7H. The van der Waals surface area contributed by atoms with Crippen LogP contribution in [0.5, 0.6) is 0 Å². The third kappa shape index (κ3) is 1.32. The molecule has 3 heterocycles. The van der Waals surface area contributed by atoms with E-state index in [0.717, 1.165) is 17.1 Å². The molecular formula is C11H7ClN2O. The smallest absolute Gasteiger partial charge is 0.153 e. The Labute approximate surface area is 90.9 Å². The highest BCUT2D eigenvalue weighted by molar-refractivity contribution is 6.29. The molecule has 0 aliphatic carbocycles. The molecule has 0 fully saturated rings. The quantitative estimate of drug-likeness (QED) is 0.587. The van der Waals surface area contributed by atoms with E-state index in [1.54, 1.807) is 6.26 Å². The van der Waals surface area contributed by atoms with Crippen LogP contribution in [-0.4, -0.2) is 9.38 Å². The number of aromatic nitrogens is 2. The van der Waals surface area contributed by atoms with Crippen LogP contribution in [0.4, 0.5) is 0 Å². The molecule has 3 rings (SSSR count). The fourth-order valence-corrected chi connectivity index (χ4v) is 1.73. The summed E-state index contributed by atoms with van der Waals surface area (Å²) in [4.78, 5) is 4.40. The molecule has 0 aliphatic heterocycles. The highest BCUT2D eigenvalue weighted by Crippen LogP contribution is 2.21. The van der Waals surface area contributed by atoms with Crippen LogP contribution >= 0.6 is 11.6 Å². The van der Waals surface area contributed by atoms with Gasteiger partial charge in [0.15, 0.2) is 5.76 Å². The van der Waals surface area contributed by atoms with Crippen LogP contribution in [0.1, 0.15) is 0 Å². The van der Waals surface area contributed by atoms with Crippen molar-refractivity contribution in [1.29, 1.82) is 0 Å². The molecule has 0 atom stereocenters. The number of nitrogens with zero attached hydrogens (tertiary/aromatic N) is 2. The van der Waals surface area contributed by atoms with Crippen LogP contribution in [0, 0.1) is 0 Å². The Kier molecular flexibility index (Phi) is 1.79. The van der Waals surface area contributed by atoms with E-state index < -0.39 is 0 Å². The summed E-state index contributed by atoms with van der Waals surface area (Å²) >= 11 is 6.02. The second kappa shape index (κ2) is 3.14. The highest BCUT2D eigenvalue weighted by atomic mass is 35.5. The molecule has 0 amide bonds. The van der Waals surface area contributed by atoms with Gasteiger partial charge >= 0.3 is 0 Å². The number of imidazole rings is 1. The Morgan fingerprint density at radius 2 is 2.13 bits per heavy atom. The number of hydrogen-bond donors (Lipinski definition) is 0. The lowest BCUT2D eigenvalue weighted by Gasteiger charge is -1.93. The van der Waals surface area contributed by atoms with Gasteiger partial charge in [-0.1, -0.05) is 17.7 Å². The number of hydrogen-bond acceptors (Lipinski definition) is 2. The van der Waals surface area contributed by atoms with Crippen LogP contribution in [0.25, 0.3) is 17.1 Å². The van der Waals surface area contributed by atoms with Gasteiger partial charge in [-0.2, -0.15) is 0 Å². The van der Waals surface area contributed by atoms with E-state index in [9.17, 15) is 0 Å². The first-order chi connectivity index (χ1) is 7.34. The monoisotopic (exact) mass is 218 g/mol. The van der Waals surface area contributed by atoms with Crippen molar-refractivity contribution in [3.8, 4) is 11.5 Å². The van der Waals surface area contributed by atoms with Gasteiger partial charge in [0.25, 0.3) is 0 Å². The lowest BCUT2D eigenvalue weighted by molar-refractivity contribution is 0.580. The Morgan fingerprint density at radius 1 is 1.20 bits per heavy atom. The van der Waals surface area contributed by atoms with E-state index in [1.165, 1.54) is 0 Å². The Bertz CT molecular complexity index is 598. The summed E-state index contributed by atoms with van der Waals surface area (Å²) in [5.74, 6) is 0.745. The van der Waals surface area contributed by atoms with Gasteiger partial charge in [0.1, 0.15) is 16.5 Å². The van der Waals surface area contributed by atoms with Crippen molar-refractivity contribution in [1.82, 2.24) is 9.38 Å². The summed E-state index contributed by atoms with van der Waals surface area (Å²) in [5, 5.41) is 0.637. The molecule has 0 N–H and O–H groups in total. The third-order valence-corrected chi connectivity index (χ3v) is 2.52. The van der Waals surface area contributed by atoms with E-state index in [0.29, 0.717) is 5.15 Å². The zero-order valence-corrected chi connectivity index (χ0v) is 8.48. The molecule has 0 aliphatic rings. The molecule has 4 heteroatoms. The first kappa shape index (κ1) is 8.56. The predicted octanol–water partition coefficient (Wildman–Crippen LogP) is 3.25. The summed E-state index contributed by atoms with van der Waals surface area (Å²) in [7, 11) is 0. The minimum Gasteiger partial charge on any atom is -0.463 e. The van der Waals surface area contributed by atoms with Gasteiger partial charge < -0.3 is 4.42 Å². The van der Waals surface area contributed by atoms with E-state index in [2.05, 4.69) is 4.98 Å². The summed E-state index contributed by atoms with van der Waals surface area (Å²) in [6, 6.07) is 9.30. The molecule has 3 nitrogen and oxygen atoms in total. The largest absolute Gasteiger partial charge is 0.463 e. The van der Waals surface area contributed by atoms with Crippen LogP contribution in [0.3, 0.4) is 0 Å². The summed E-state index contributed by atoms with van der Waals surface area (Å²) in [5.41, 5.74) is 1.60. The average Bonchev–Trinajstić information content (AvgIpc) is 2.86. The molecule has 0 bridgehead atoms. The summed E-state index contributed by atoms with van der Waals surface area (Å²) in [6.07, 6.45) is 3.48. The summed E-state index contributed by atoms with van der Waals surface area (Å²) in [6.45, 7) is 0. The van der Waals surface area contributed by atoms with E-state index in [1.807, 2.05) is 40.9 Å². The van der Waals surface area contributed by atoms with Gasteiger partial charge in [-0.25, -0.2) is 4.98 Å². The third-order valence-electron chi connectivity index (χ3n) is 2.22. The molecule has 0 saturated carbocycles. The first-order valence-corrected chi connectivity index (χ1v) is 4.90. The predicted molar refractivity (Wildman–Crippen MR) is 57.9 cm³/mol. The van der Waals surface area contributed by atoms with E-state index >= 15 is 0 Å². The van der Waals surface area contributed by atoms with Crippen LogP contribution in [0.15, 0.2) is 47.2 Å². The van der Waals surface area contributed by atoms with Gasteiger partial charge in [0.05, 0.1) is 6.26 Å². The van der Waals surface area contributed by atoms with Crippen molar-refractivity contribution < 1.29 is 4.42 Å². The maximum atomic E-state index is 6.02. The lowest BCUT2D eigenvalue weighted by atomic mass is 10.4.